The van der Waals surface area contributed by atoms with Crippen LogP contribution in [0.3, 0.4) is 0 Å². The third-order valence-electron chi connectivity index (χ3n) is 3.84. The predicted octanol–water partition coefficient (Wildman–Crippen LogP) is 3.48. The minimum absolute atomic E-state index is 0.0909. The number of hydrogen-bond acceptors (Lipinski definition) is 6. The molecule has 0 saturated carbocycles. The molecule has 3 rings (SSSR count). The smallest absolute Gasteiger partial charge is 0.323 e. The Labute approximate surface area is 180 Å². The summed E-state index contributed by atoms with van der Waals surface area (Å²) < 4.78 is 5.43. The second-order valence-corrected chi connectivity index (χ2v) is 7.45. The Morgan fingerprint density at radius 3 is 2.57 bits per heavy atom. The number of benzene rings is 2. The lowest BCUT2D eigenvalue weighted by Crippen LogP contribution is -2.33. The number of nitrogens with one attached hydrogen (secondary N) is 1. The van der Waals surface area contributed by atoms with Gasteiger partial charge in [0.05, 0.1) is 9.93 Å². The van der Waals surface area contributed by atoms with Crippen LogP contribution in [0.4, 0.5) is 10.5 Å². The van der Waals surface area contributed by atoms with Crippen molar-refractivity contribution in [3.63, 3.8) is 0 Å². The number of amides is 3. The average Bonchev–Trinajstić information content (AvgIpc) is 2.95. The minimum Gasteiger partial charge on any atom is -0.482 e. The van der Waals surface area contributed by atoms with Gasteiger partial charge in [0, 0.05) is 5.69 Å². The molecule has 2 aromatic carbocycles. The number of carboxylic acids is 1. The summed E-state index contributed by atoms with van der Waals surface area (Å²) in [5.41, 5.74) is 1.16. The van der Waals surface area contributed by atoms with Gasteiger partial charge in [0.1, 0.15) is 12.3 Å². The molecule has 3 amide bonds. The average molecular weight is 447 g/mol. The first-order chi connectivity index (χ1) is 14.3. The Hall–Kier alpha value is -3.30. The van der Waals surface area contributed by atoms with Crippen LogP contribution >= 0.6 is 23.4 Å². The van der Waals surface area contributed by atoms with Crippen LogP contribution in [-0.4, -0.2) is 46.2 Å². The second-order valence-electron chi connectivity index (χ2n) is 6.05. The first-order valence-electron chi connectivity index (χ1n) is 8.58. The van der Waals surface area contributed by atoms with Crippen LogP contribution in [0.15, 0.2) is 53.4 Å². The number of anilines is 1. The van der Waals surface area contributed by atoms with E-state index >= 15 is 0 Å². The lowest BCUT2D eigenvalue weighted by molar-refractivity contribution is -0.140. The SMILES string of the molecule is O=C(O)CN1C(=O)S/C(=C/c2ccc(OCC(=O)Nc3ccccc3)c(Cl)c2)C1=O. The fourth-order valence-electron chi connectivity index (χ4n) is 2.51. The molecule has 8 nitrogen and oxygen atoms in total. The van der Waals surface area contributed by atoms with Crippen LogP contribution in [0, 0.1) is 0 Å². The molecule has 0 aromatic heterocycles. The maximum Gasteiger partial charge on any atom is 0.323 e. The van der Waals surface area contributed by atoms with Crippen LogP contribution in [0.1, 0.15) is 5.56 Å². The highest BCUT2D eigenvalue weighted by atomic mass is 35.5. The van der Waals surface area contributed by atoms with Crippen molar-refractivity contribution in [2.75, 3.05) is 18.5 Å². The van der Waals surface area contributed by atoms with Crippen LogP contribution in [0.5, 0.6) is 5.75 Å². The lowest BCUT2D eigenvalue weighted by Gasteiger charge is -2.09. The molecule has 30 heavy (non-hydrogen) atoms. The number of hydrogen-bond donors (Lipinski definition) is 2. The zero-order valence-electron chi connectivity index (χ0n) is 15.3. The summed E-state index contributed by atoms with van der Waals surface area (Å²) in [4.78, 5) is 47.5. The van der Waals surface area contributed by atoms with Crippen LogP contribution in [0.2, 0.25) is 5.02 Å². The van der Waals surface area contributed by atoms with Gasteiger partial charge in [-0.3, -0.25) is 24.1 Å². The largest absolute Gasteiger partial charge is 0.482 e. The van der Waals surface area contributed by atoms with Crippen molar-refractivity contribution in [2.45, 2.75) is 0 Å². The van der Waals surface area contributed by atoms with Crippen LogP contribution in [-0.2, 0) is 14.4 Å². The molecule has 0 radical (unpaired) electrons. The normalized spacial score (nSPS) is 14.8. The highest BCUT2D eigenvalue weighted by Gasteiger charge is 2.36. The summed E-state index contributed by atoms with van der Waals surface area (Å²) in [6.07, 6.45) is 1.44. The van der Waals surface area contributed by atoms with Gasteiger partial charge in [-0.2, -0.15) is 0 Å². The molecule has 1 fully saturated rings. The minimum atomic E-state index is -1.28. The molecule has 1 aliphatic rings. The fraction of sp³-hybridized carbons (Fsp3) is 0.100. The van der Waals surface area contributed by atoms with Crippen LogP contribution in [0.25, 0.3) is 6.08 Å². The van der Waals surface area contributed by atoms with Gasteiger partial charge in [-0.15, -0.1) is 0 Å². The topological polar surface area (TPSA) is 113 Å². The molecule has 1 saturated heterocycles. The van der Waals surface area contributed by atoms with Crippen molar-refractivity contribution in [1.82, 2.24) is 4.90 Å². The molecule has 10 heteroatoms. The summed E-state index contributed by atoms with van der Waals surface area (Å²) in [7, 11) is 0. The molecule has 0 spiro atoms. The standard InChI is InChI=1S/C20H15ClN2O6S/c21-14-8-12(9-16-19(27)23(10-18(25)26)20(28)30-16)6-7-15(14)29-11-17(24)22-13-4-2-1-3-5-13/h1-9H,10-11H2,(H,22,24)(H,25,26)/b16-9+. The first-order valence-corrected chi connectivity index (χ1v) is 9.77. The number of halogens is 1. The van der Waals surface area contributed by atoms with Gasteiger partial charge in [0.25, 0.3) is 17.1 Å². The zero-order chi connectivity index (χ0) is 21.7. The number of ether oxygens (including phenoxy) is 1. The van der Waals surface area contributed by atoms with Gasteiger partial charge in [0.2, 0.25) is 0 Å². The number of carboxylic acid groups (broad SMARTS) is 1. The number of thioether (sulfide) groups is 1. The Kier molecular flexibility index (Phi) is 6.76. The van der Waals surface area contributed by atoms with E-state index in [1.807, 2.05) is 6.07 Å². The molecule has 2 N–H and O–H groups in total. The number of para-hydroxylation sites is 1. The molecule has 0 atom stereocenters. The maximum absolute atomic E-state index is 12.2. The van der Waals surface area contributed by atoms with E-state index < -0.39 is 23.7 Å². The molecule has 1 heterocycles. The molecule has 1 aliphatic heterocycles. The van der Waals surface area contributed by atoms with E-state index in [2.05, 4.69) is 5.32 Å². The third-order valence-corrected chi connectivity index (χ3v) is 5.04. The molecule has 2 aromatic rings. The van der Waals surface area contributed by atoms with Crippen molar-refractivity contribution in [3.8, 4) is 5.75 Å². The summed E-state index contributed by atoms with van der Waals surface area (Å²) >= 11 is 6.84. The van der Waals surface area contributed by atoms with Gasteiger partial charge in [-0.25, -0.2) is 0 Å². The van der Waals surface area contributed by atoms with E-state index in [1.54, 1.807) is 30.3 Å². The first kappa shape index (κ1) is 21.4. The number of carbonyl (C=O) groups is 4. The highest BCUT2D eigenvalue weighted by molar-refractivity contribution is 8.18. The second kappa shape index (κ2) is 9.47. The van der Waals surface area contributed by atoms with E-state index in [-0.39, 0.29) is 28.2 Å². The summed E-state index contributed by atoms with van der Waals surface area (Å²) in [5.74, 6) is -2.04. The van der Waals surface area contributed by atoms with E-state index in [9.17, 15) is 19.2 Å². The molecular formula is C20H15ClN2O6S. The molecule has 0 aliphatic carbocycles. The van der Waals surface area contributed by atoms with Crippen molar-refractivity contribution in [2.24, 2.45) is 0 Å². The maximum atomic E-state index is 12.2. The van der Waals surface area contributed by atoms with Crippen molar-refractivity contribution in [1.29, 1.82) is 0 Å². The van der Waals surface area contributed by atoms with E-state index in [1.165, 1.54) is 18.2 Å². The Bertz CT molecular complexity index is 1040. The highest BCUT2D eigenvalue weighted by Crippen LogP contribution is 2.33. The number of aliphatic carboxylic acids is 1. The van der Waals surface area contributed by atoms with Crippen LogP contribution < -0.4 is 10.1 Å². The van der Waals surface area contributed by atoms with Gasteiger partial charge < -0.3 is 15.2 Å². The predicted molar refractivity (Wildman–Crippen MR) is 112 cm³/mol. The Morgan fingerprint density at radius 1 is 1.17 bits per heavy atom. The third kappa shape index (κ3) is 5.40. The monoisotopic (exact) mass is 446 g/mol. The van der Waals surface area contributed by atoms with E-state index in [4.69, 9.17) is 21.4 Å². The number of imide groups is 1. The van der Waals surface area contributed by atoms with Gasteiger partial charge in [-0.1, -0.05) is 35.9 Å². The summed E-state index contributed by atoms with van der Waals surface area (Å²) in [6.45, 7) is -0.942. The molecular weight excluding hydrogens is 432 g/mol. The quantitative estimate of drug-likeness (QED) is 0.626. The van der Waals surface area contributed by atoms with Gasteiger partial charge in [-0.05, 0) is 47.7 Å². The fourth-order valence-corrected chi connectivity index (χ4v) is 3.59. The van der Waals surface area contributed by atoms with E-state index in [0.717, 1.165) is 0 Å². The summed E-state index contributed by atoms with van der Waals surface area (Å²) in [5, 5.41) is 11.0. The van der Waals surface area contributed by atoms with Gasteiger partial charge in [0.15, 0.2) is 6.61 Å². The Morgan fingerprint density at radius 2 is 1.90 bits per heavy atom. The van der Waals surface area contributed by atoms with E-state index in [0.29, 0.717) is 27.9 Å². The van der Waals surface area contributed by atoms with Gasteiger partial charge >= 0.3 is 5.97 Å². The Balaban J connectivity index is 1.63. The summed E-state index contributed by atoms with van der Waals surface area (Å²) in [6, 6.07) is 13.6. The van der Waals surface area contributed by atoms with Crippen molar-refractivity contribution < 1.29 is 29.0 Å². The zero-order valence-corrected chi connectivity index (χ0v) is 16.9. The molecule has 0 unspecified atom stereocenters. The lowest BCUT2D eigenvalue weighted by atomic mass is 10.2. The van der Waals surface area contributed by atoms with Crippen molar-refractivity contribution >= 4 is 58.1 Å². The molecule has 154 valence electrons. The number of nitrogens with zero attached hydrogens (tertiary/aromatic N) is 1. The van der Waals surface area contributed by atoms with Crippen molar-refractivity contribution in [3.05, 3.63) is 64.0 Å². The number of rotatable bonds is 7. The number of carbonyl (C=O) groups excluding carboxylic acids is 3. The molecule has 0 bridgehead atoms.